The molecule has 6 heteroatoms. The number of pyridine rings is 1. The molecule has 1 rings (SSSR count). The van der Waals surface area contributed by atoms with Crippen molar-refractivity contribution in [3.05, 3.63) is 40.5 Å². The van der Waals surface area contributed by atoms with Crippen LogP contribution in [-0.2, 0) is 0 Å². The van der Waals surface area contributed by atoms with Gasteiger partial charge in [0.2, 0.25) is 0 Å². The van der Waals surface area contributed by atoms with Gasteiger partial charge in [-0.05, 0) is 23.2 Å². The summed E-state index contributed by atoms with van der Waals surface area (Å²) >= 11 is 0. The first-order valence-corrected chi connectivity index (χ1v) is 4.02. The summed E-state index contributed by atoms with van der Waals surface area (Å²) < 4.78 is 0. The SMILES string of the molecule is [N-]=[N+]=NCC(O)C(O)c1ccncc1. The van der Waals surface area contributed by atoms with Gasteiger partial charge in [-0.15, -0.1) is 0 Å². The van der Waals surface area contributed by atoms with Crippen molar-refractivity contribution in [3.8, 4) is 0 Å². The molecule has 0 radical (unpaired) electrons. The maximum atomic E-state index is 9.55. The monoisotopic (exact) mass is 194 g/mol. The molecule has 74 valence electrons. The lowest BCUT2D eigenvalue weighted by Gasteiger charge is -2.15. The predicted molar refractivity (Wildman–Crippen MR) is 49.2 cm³/mol. The van der Waals surface area contributed by atoms with Crippen LogP contribution in [0.1, 0.15) is 11.7 Å². The Balaban J connectivity index is 2.65. The van der Waals surface area contributed by atoms with E-state index in [4.69, 9.17) is 5.53 Å². The first-order chi connectivity index (χ1) is 6.75. The minimum atomic E-state index is -1.09. The van der Waals surface area contributed by atoms with Gasteiger partial charge in [0.05, 0.1) is 12.6 Å². The van der Waals surface area contributed by atoms with Gasteiger partial charge in [0, 0.05) is 17.3 Å². The third-order valence-corrected chi connectivity index (χ3v) is 1.74. The van der Waals surface area contributed by atoms with Gasteiger partial charge in [-0.25, -0.2) is 0 Å². The number of azide groups is 1. The topological polar surface area (TPSA) is 102 Å². The molecule has 1 aromatic rings. The van der Waals surface area contributed by atoms with Crippen molar-refractivity contribution in [3.63, 3.8) is 0 Å². The van der Waals surface area contributed by atoms with E-state index in [2.05, 4.69) is 15.0 Å². The zero-order valence-electron chi connectivity index (χ0n) is 7.35. The number of aliphatic hydroxyl groups is 2. The van der Waals surface area contributed by atoms with Gasteiger partial charge < -0.3 is 10.2 Å². The number of aliphatic hydroxyl groups excluding tert-OH is 2. The lowest BCUT2D eigenvalue weighted by molar-refractivity contribution is 0.0243. The molecule has 0 saturated heterocycles. The molecule has 0 amide bonds. The van der Waals surface area contributed by atoms with Crippen LogP contribution < -0.4 is 0 Å². The summed E-state index contributed by atoms with van der Waals surface area (Å²) in [5, 5.41) is 22.1. The third kappa shape index (κ3) is 2.70. The summed E-state index contributed by atoms with van der Waals surface area (Å²) in [5.74, 6) is 0. The van der Waals surface area contributed by atoms with Gasteiger partial charge >= 0.3 is 0 Å². The van der Waals surface area contributed by atoms with Gasteiger partial charge in [-0.2, -0.15) is 0 Å². The Hall–Kier alpha value is -1.62. The van der Waals surface area contributed by atoms with Crippen molar-refractivity contribution in [2.24, 2.45) is 5.11 Å². The first-order valence-electron chi connectivity index (χ1n) is 4.02. The molecular formula is C8H10N4O2. The molecule has 0 aromatic carbocycles. The van der Waals surface area contributed by atoms with E-state index in [1.165, 1.54) is 12.4 Å². The number of nitrogens with zero attached hydrogens (tertiary/aromatic N) is 4. The first kappa shape index (κ1) is 10.5. The van der Waals surface area contributed by atoms with E-state index in [-0.39, 0.29) is 6.54 Å². The largest absolute Gasteiger partial charge is 0.390 e. The van der Waals surface area contributed by atoms with Crippen LogP contribution in [0.2, 0.25) is 0 Å². The van der Waals surface area contributed by atoms with Crippen molar-refractivity contribution in [1.29, 1.82) is 0 Å². The molecule has 1 heterocycles. The molecule has 2 N–H and O–H groups in total. The van der Waals surface area contributed by atoms with Crippen LogP contribution in [0.15, 0.2) is 29.6 Å². The van der Waals surface area contributed by atoms with Gasteiger partial charge in [0.15, 0.2) is 0 Å². The van der Waals surface area contributed by atoms with E-state index < -0.39 is 12.2 Å². The van der Waals surface area contributed by atoms with Crippen LogP contribution in [0.4, 0.5) is 0 Å². The van der Waals surface area contributed by atoms with Gasteiger partial charge in [-0.3, -0.25) is 4.98 Å². The zero-order valence-corrected chi connectivity index (χ0v) is 7.35. The molecule has 6 nitrogen and oxygen atoms in total. The second-order valence-corrected chi connectivity index (χ2v) is 2.71. The van der Waals surface area contributed by atoms with Crippen molar-refractivity contribution >= 4 is 0 Å². The van der Waals surface area contributed by atoms with Crippen LogP contribution in [0.5, 0.6) is 0 Å². The second kappa shape index (κ2) is 5.18. The van der Waals surface area contributed by atoms with Gasteiger partial charge in [0.1, 0.15) is 6.10 Å². The molecule has 0 aliphatic carbocycles. The molecular weight excluding hydrogens is 184 g/mol. The van der Waals surface area contributed by atoms with E-state index in [9.17, 15) is 10.2 Å². The van der Waals surface area contributed by atoms with Gasteiger partial charge in [0.25, 0.3) is 0 Å². The quantitative estimate of drug-likeness (QED) is 0.420. The van der Waals surface area contributed by atoms with Crippen molar-refractivity contribution in [1.82, 2.24) is 4.98 Å². The molecule has 2 atom stereocenters. The van der Waals surface area contributed by atoms with E-state index in [0.29, 0.717) is 5.56 Å². The highest BCUT2D eigenvalue weighted by Gasteiger charge is 2.16. The van der Waals surface area contributed by atoms with Gasteiger partial charge in [-0.1, -0.05) is 5.11 Å². The van der Waals surface area contributed by atoms with E-state index in [0.717, 1.165) is 0 Å². The Morgan fingerprint density at radius 1 is 1.43 bits per heavy atom. The Kier molecular flexibility index (Phi) is 3.87. The molecule has 0 spiro atoms. The van der Waals surface area contributed by atoms with Crippen molar-refractivity contribution < 1.29 is 10.2 Å². The minimum absolute atomic E-state index is 0.153. The number of aromatic nitrogens is 1. The Bertz CT molecular complexity index is 323. The Morgan fingerprint density at radius 2 is 2.07 bits per heavy atom. The number of hydrogen-bond donors (Lipinski definition) is 2. The maximum Gasteiger partial charge on any atom is 0.105 e. The highest BCUT2D eigenvalue weighted by molar-refractivity contribution is 5.14. The predicted octanol–water partition coefficient (Wildman–Crippen LogP) is 0.786. The van der Waals surface area contributed by atoms with Crippen LogP contribution >= 0.6 is 0 Å². The number of hydrogen-bond acceptors (Lipinski definition) is 4. The highest BCUT2D eigenvalue weighted by Crippen LogP contribution is 2.15. The lowest BCUT2D eigenvalue weighted by Crippen LogP contribution is -2.21. The molecule has 2 unspecified atom stereocenters. The smallest absolute Gasteiger partial charge is 0.105 e. The fraction of sp³-hybridized carbons (Fsp3) is 0.375. The van der Waals surface area contributed by atoms with Crippen LogP contribution in [0.25, 0.3) is 10.4 Å². The lowest BCUT2D eigenvalue weighted by atomic mass is 10.1. The Labute approximate surface area is 80.5 Å². The molecule has 0 fully saturated rings. The fourth-order valence-electron chi connectivity index (χ4n) is 1.00. The number of rotatable bonds is 4. The second-order valence-electron chi connectivity index (χ2n) is 2.71. The van der Waals surface area contributed by atoms with Crippen LogP contribution in [0.3, 0.4) is 0 Å². The summed E-state index contributed by atoms with van der Waals surface area (Å²) in [6, 6.07) is 3.17. The molecule has 0 aliphatic heterocycles. The fourth-order valence-corrected chi connectivity index (χ4v) is 1.00. The average Bonchev–Trinajstić information content (AvgIpc) is 2.26. The molecule has 0 saturated carbocycles. The molecule has 0 bridgehead atoms. The normalized spacial score (nSPS) is 14.1. The molecule has 1 aromatic heterocycles. The average molecular weight is 194 g/mol. The summed E-state index contributed by atoms with van der Waals surface area (Å²) in [6.07, 6.45) is 0.884. The summed E-state index contributed by atoms with van der Waals surface area (Å²) in [5.41, 5.74) is 8.57. The summed E-state index contributed by atoms with van der Waals surface area (Å²) in [4.78, 5) is 6.27. The van der Waals surface area contributed by atoms with Crippen molar-refractivity contribution in [2.75, 3.05) is 6.54 Å². The van der Waals surface area contributed by atoms with E-state index in [1.807, 2.05) is 0 Å². The van der Waals surface area contributed by atoms with Crippen LogP contribution in [0, 0.1) is 0 Å². The molecule has 14 heavy (non-hydrogen) atoms. The molecule has 0 aliphatic rings. The van der Waals surface area contributed by atoms with E-state index >= 15 is 0 Å². The highest BCUT2D eigenvalue weighted by atomic mass is 16.3. The van der Waals surface area contributed by atoms with Crippen molar-refractivity contribution in [2.45, 2.75) is 12.2 Å². The van der Waals surface area contributed by atoms with E-state index in [1.54, 1.807) is 12.1 Å². The maximum absolute atomic E-state index is 9.55. The summed E-state index contributed by atoms with van der Waals surface area (Å²) in [7, 11) is 0. The zero-order chi connectivity index (χ0) is 10.4. The standard InChI is InChI=1S/C8H10N4O2/c9-12-11-5-7(13)8(14)6-1-3-10-4-2-6/h1-4,7-8,13-14H,5H2. The Morgan fingerprint density at radius 3 is 2.64 bits per heavy atom. The third-order valence-electron chi connectivity index (χ3n) is 1.74. The minimum Gasteiger partial charge on any atom is -0.390 e. The summed E-state index contributed by atoms with van der Waals surface area (Å²) in [6.45, 7) is -0.153. The van der Waals surface area contributed by atoms with Crippen LogP contribution in [-0.4, -0.2) is 27.8 Å².